The van der Waals surface area contributed by atoms with E-state index in [0.717, 1.165) is 0 Å². The minimum atomic E-state index is -5.96. The first-order valence-electron chi connectivity index (χ1n) is 7.48. The van der Waals surface area contributed by atoms with Crippen LogP contribution in [0.1, 0.15) is 30.0 Å². The number of amides is 1. The molecule has 3 nitrogen and oxygen atoms in total. The van der Waals surface area contributed by atoms with Crippen molar-refractivity contribution in [3.63, 3.8) is 0 Å². The maximum absolute atomic E-state index is 13.2. The Balaban J connectivity index is 2.33. The fraction of sp³-hybridized carbons (Fsp3) is 0.438. The third-order valence-corrected chi connectivity index (χ3v) is 5.56. The van der Waals surface area contributed by atoms with Crippen LogP contribution in [0.25, 0.3) is 5.57 Å². The number of alkyl halides is 6. The third-order valence-electron chi connectivity index (χ3n) is 4.71. The monoisotopic (exact) mass is 443 g/mol. The number of carbonyl (C=O) groups is 1. The van der Waals surface area contributed by atoms with E-state index in [2.05, 4.69) is 15.9 Å². The van der Waals surface area contributed by atoms with Crippen molar-refractivity contribution in [2.45, 2.75) is 37.7 Å². The third kappa shape index (κ3) is 2.57. The number of allylic oxidation sites excluding steroid dienone is 1. The molecule has 2 aliphatic heterocycles. The lowest BCUT2D eigenvalue weighted by Gasteiger charge is -2.38. The highest BCUT2D eigenvalue weighted by molar-refractivity contribution is 9.11. The molecule has 0 unspecified atom stereocenters. The summed E-state index contributed by atoms with van der Waals surface area (Å²) in [6, 6.07) is 1.37. The molecule has 0 radical (unpaired) electrons. The van der Waals surface area contributed by atoms with Crippen LogP contribution in [0.2, 0.25) is 0 Å². The zero-order valence-corrected chi connectivity index (χ0v) is 14.8. The minimum absolute atomic E-state index is 0.00218. The normalized spacial score (nSPS) is 18.3. The van der Waals surface area contributed by atoms with Gasteiger partial charge in [0.25, 0.3) is 5.60 Å². The second-order valence-electron chi connectivity index (χ2n) is 6.25. The molecule has 2 aliphatic rings. The Bertz CT molecular complexity index is 813. The largest absolute Gasteiger partial charge is 0.430 e. The molecular weight excluding hydrogens is 432 g/mol. The van der Waals surface area contributed by atoms with Crippen molar-refractivity contribution in [1.82, 2.24) is 0 Å². The summed E-state index contributed by atoms with van der Waals surface area (Å²) >= 11 is 3.21. The number of benzene rings is 1. The van der Waals surface area contributed by atoms with Crippen LogP contribution in [-0.4, -0.2) is 29.9 Å². The van der Waals surface area contributed by atoms with E-state index in [4.69, 9.17) is 0 Å². The van der Waals surface area contributed by atoms with Crippen LogP contribution in [0, 0.1) is 0 Å². The summed E-state index contributed by atoms with van der Waals surface area (Å²) in [7, 11) is 0. The molecule has 0 spiro atoms. The molecular formula is C16H12BrF6NO2. The first kappa shape index (κ1) is 19.2. The van der Waals surface area contributed by atoms with Crippen molar-refractivity contribution >= 4 is 33.1 Å². The number of rotatable bonds is 1. The van der Waals surface area contributed by atoms with Gasteiger partial charge < -0.3 is 10.0 Å². The summed E-state index contributed by atoms with van der Waals surface area (Å²) in [6.07, 6.45) is -12.0. The van der Waals surface area contributed by atoms with Crippen LogP contribution >= 0.6 is 15.9 Å². The maximum Gasteiger partial charge on any atom is 0.430 e. The van der Waals surface area contributed by atoms with E-state index in [9.17, 15) is 36.2 Å². The maximum atomic E-state index is 13.2. The quantitative estimate of drug-likeness (QED) is 0.652. The lowest BCUT2D eigenvalue weighted by Crippen LogP contribution is -2.54. The first-order chi connectivity index (χ1) is 11.8. The number of anilines is 1. The summed E-state index contributed by atoms with van der Waals surface area (Å²) in [5.74, 6) is -0.266. The van der Waals surface area contributed by atoms with Crippen molar-refractivity contribution in [2.75, 3.05) is 11.4 Å². The number of aliphatic hydroxyl groups is 1. The molecule has 142 valence electrons. The van der Waals surface area contributed by atoms with Gasteiger partial charge in [-0.2, -0.15) is 26.3 Å². The SMILES string of the molecule is CC1=C(Br)CN2C(=O)CCc3cc(C(O)(C(F)(F)F)C(F)(F)F)cc1c32. The van der Waals surface area contributed by atoms with Gasteiger partial charge in [-0.25, -0.2) is 0 Å². The lowest BCUT2D eigenvalue weighted by atomic mass is 9.83. The summed E-state index contributed by atoms with van der Waals surface area (Å²) in [4.78, 5) is 13.4. The zero-order chi connectivity index (χ0) is 19.7. The van der Waals surface area contributed by atoms with Crippen LogP contribution in [0.5, 0.6) is 0 Å². The average molecular weight is 444 g/mol. The second kappa shape index (κ2) is 5.72. The Morgan fingerprint density at radius 1 is 1.08 bits per heavy atom. The van der Waals surface area contributed by atoms with Crippen molar-refractivity contribution in [1.29, 1.82) is 0 Å². The Kier molecular flexibility index (Phi) is 4.23. The molecule has 0 saturated carbocycles. The van der Waals surface area contributed by atoms with Gasteiger partial charge in [0.15, 0.2) is 0 Å². The topological polar surface area (TPSA) is 40.5 Å². The standard InChI is InChI=1S/C16H12BrF6NO2/c1-7-10-5-9(14(26,15(18,19)20)16(21,22)23)4-8-2-3-12(25)24(13(8)10)6-11(7)17/h4-5,26H,2-3,6H2,1H3. The fourth-order valence-corrected chi connectivity index (χ4v) is 3.72. The molecule has 1 aromatic rings. The van der Waals surface area contributed by atoms with Gasteiger partial charge in [-0.3, -0.25) is 4.79 Å². The van der Waals surface area contributed by atoms with E-state index in [1.807, 2.05) is 0 Å². The lowest BCUT2D eigenvalue weighted by molar-refractivity contribution is -0.376. The molecule has 26 heavy (non-hydrogen) atoms. The molecule has 3 rings (SSSR count). The van der Waals surface area contributed by atoms with Gasteiger partial charge in [0.1, 0.15) is 0 Å². The van der Waals surface area contributed by atoms with Gasteiger partial charge in [-0.1, -0.05) is 22.0 Å². The van der Waals surface area contributed by atoms with Gasteiger partial charge in [-0.15, -0.1) is 0 Å². The molecule has 1 N–H and O–H groups in total. The number of hydrogen-bond acceptors (Lipinski definition) is 2. The van der Waals surface area contributed by atoms with Gasteiger partial charge in [0.05, 0.1) is 12.2 Å². The molecule has 0 aromatic heterocycles. The summed E-state index contributed by atoms with van der Waals surface area (Å²) in [6.45, 7) is 1.69. The summed E-state index contributed by atoms with van der Waals surface area (Å²) in [5.41, 5.74) is -5.35. The highest BCUT2D eigenvalue weighted by Gasteiger charge is 2.71. The Labute approximate surface area is 152 Å². The highest BCUT2D eigenvalue weighted by Crippen LogP contribution is 2.52. The number of carbonyl (C=O) groups excluding carboxylic acids is 1. The highest BCUT2D eigenvalue weighted by atomic mass is 79.9. The molecule has 0 saturated heterocycles. The van der Waals surface area contributed by atoms with Gasteiger partial charge in [0, 0.05) is 22.0 Å². The number of hydrogen-bond donors (Lipinski definition) is 1. The van der Waals surface area contributed by atoms with Crippen molar-refractivity contribution in [2.24, 2.45) is 0 Å². The minimum Gasteiger partial charge on any atom is -0.369 e. The van der Waals surface area contributed by atoms with Gasteiger partial charge in [-0.05, 0) is 30.5 Å². The van der Waals surface area contributed by atoms with Crippen LogP contribution < -0.4 is 4.90 Å². The molecule has 2 heterocycles. The van der Waals surface area contributed by atoms with Crippen LogP contribution in [0.4, 0.5) is 32.0 Å². The smallest absolute Gasteiger partial charge is 0.369 e. The second-order valence-corrected chi connectivity index (χ2v) is 7.20. The van der Waals surface area contributed by atoms with Crippen molar-refractivity contribution in [3.8, 4) is 0 Å². The van der Waals surface area contributed by atoms with Gasteiger partial charge in [0.2, 0.25) is 5.91 Å². The fourth-order valence-electron chi connectivity index (χ4n) is 3.26. The van der Waals surface area contributed by atoms with E-state index < -0.39 is 23.5 Å². The Morgan fingerprint density at radius 2 is 1.65 bits per heavy atom. The van der Waals surface area contributed by atoms with Crippen molar-refractivity contribution in [3.05, 3.63) is 33.3 Å². The van der Waals surface area contributed by atoms with E-state index in [0.29, 0.717) is 27.9 Å². The molecule has 0 fully saturated rings. The molecule has 0 bridgehead atoms. The van der Waals surface area contributed by atoms with E-state index >= 15 is 0 Å². The summed E-state index contributed by atoms with van der Waals surface area (Å²) in [5, 5.41) is 9.71. The average Bonchev–Trinajstić information content (AvgIpc) is 2.51. The molecule has 1 amide bonds. The van der Waals surface area contributed by atoms with Crippen LogP contribution in [0.15, 0.2) is 16.6 Å². The number of nitrogens with zero attached hydrogens (tertiary/aromatic N) is 1. The number of aryl methyl sites for hydroxylation is 1. The first-order valence-corrected chi connectivity index (χ1v) is 8.27. The van der Waals surface area contributed by atoms with Gasteiger partial charge >= 0.3 is 12.4 Å². The summed E-state index contributed by atoms with van der Waals surface area (Å²) < 4.78 is 79.8. The molecule has 0 atom stereocenters. The molecule has 10 heteroatoms. The van der Waals surface area contributed by atoms with Crippen molar-refractivity contribution < 1.29 is 36.2 Å². The Hall–Kier alpha value is -1.55. The zero-order valence-electron chi connectivity index (χ0n) is 13.2. The predicted molar refractivity (Wildman–Crippen MR) is 84.6 cm³/mol. The van der Waals surface area contributed by atoms with Crippen LogP contribution in [0.3, 0.4) is 0 Å². The van der Waals surface area contributed by atoms with E-state index in [1.165, 1.54) is 11.8 Å². The number of halogens is 7. The van der Waals surface area contributed by atoms with Crippen LogP contribution in [-0.2, 0) is 16.8 Å². The van der Waals surface area contributed by atoms with E-state index in [1.54, 1.807) is 0 Å². The molecule has 1 aromatic carbocycles. The Morgan fingerprint density at radius 3 is 2.19 bits per heavy atom. The molecule has 0 aliphatic carbocycles. The van der Waals surface area contributed by atoms with E-state index in [-0.39, 0.29) is 36.4 Å². The predicted octanol–water partition coefficient (Wildman–Crippen LogP) is 4.42.